The molecule has 0 aliphatic heterocycles. The van der Waals surface area contributed by atoms with Gasteiger partial charge in [0, 0.05) is 23.1 Å². The van der Waals surface area contributed by atoms with Crippen molar-refractivity contribution in [2.45, 2.75) is 17.9 Å². The highest BCUT2D eigenvalue weighted by Gasteiger charge is 2.26. The van der Waals surface area contributed by atoms with Crippen LogP contribution >= 0.6 is 0 Å². The van der Waals surface area contributed by atoms with Crippen LogP contribution in [-0.2, 0) is 10.0 Å². The number of hydrogen-bond acceptors (Lipinski definition) is 5. The first kappa shape index (κ1) is 21.5. The van der Waals surface area contributed by atoms with Gasteiger partial charge in [-0.2, -0.15) is 4.72 Å². The second-order valence-corrected chi connectivity index (χ2v) is 9.15. The van der Waals surface area contributed by atoms with Crippen molar-refractivity contribution in [1.29, 1.82) is 0 Å². The van der Waals surface area contributed by atoms with Crippen LogP contribution in [0.25, 0.3) is 10.8 Å². The van der Waals surface area contributed by atoms with Gasteiger partial charge in [0.15, 0.2) is 0 Å². The Bertz CT molecular complexity index is 1400. The van der Waals surface area contributed by atoms with Crippen LogP contribution in [0, 0.1) is 17.0 Å². The third-order valence-electron chi connectivity index (χ3n) is 5.28. The molecule has 0 fully saturated rings. The van der Waals surface area contributed by atoms with Crippen molar-refractivity contribution in [3.63, 3.8) is 0 Å². The Morgan fingerprint density at radius 3 is 2.22 bits per heavy atom. The largest absolute Gasteiger partial charge is 0.507 e. The molecule has 0 aliphatic rings. The Labute approximate surface area is 185 Å². The van der Waals surface area contributed by atoms with Crippen molar-refractivity contribution in [1.82, 2.24) is 4.72 Å². The van der Waals surface area contributed by atoms with E-state index in [-0.39, 0.29) is 16.3 Å². The number of aryl methyl sites for hydroxylation is 1. The van der Waals surface area contributed by atoms with Crippen LogP contribution in [0.15, 0.2) is 89.8 Å². The first-order chi connectivity index (χ1) is 15.3. The number of hydrogen-bond donors (Lipinski definition) is 2. The van der Waals surface area contributed by atoms with Crippen LogP contribution in [0.1, 0.15) is 22.7 Å². The summed E-state index contributed by atoms with van der Waals surface area (Å²) in [5.74, 6) is -0.0574. The van der Waals surface area contributed by atoms with Crippen LogP contribution in [-0.4, -0.2) is 18.4 Å². The van der Waals surface area contributed by atoms with E-state index in [0.29, 0.717) is 16.5 Å². The van der Waals surface area contributed by atoms with Crippen LogP contribution in [0.2, 0.25) is 0 Å². The Morgan fingerprint density at radius 2 is 1.56 bits per heavy atom. The SMILES string of the molecule is Cc1ccc(S(=O)(=O)N[C@@H](c2ccc([N+](=O)[O-])cc2)c2ccc3ccccc3c2O)cc1. The molecule has 7 nitrogen and oxygen atoms in total. The number of benzene rings is 4. The lowest BCUT2D eigenvalue weighted by atomic mass is 9.95. The number of non-ortho nitro benzene ring substituents is 1. The molecule has 0 unspecified atom stereocenters. The molecule has 0 bridgehead atoms. The zero-order valence-electron chi connectivity index (χ0n) is 17.1. The summed E-state index contributed by atoms with van der Waals surface area (Å²) in [6.45, 7) is 1.86. The van der Waals surface area contributed by atoms with Crippen LogP contribution in [0.3, 0.4) is 0 Å². The predicted octanol–water partition coefficient (Wildman–Crippen LogP) is 4.83. The standard InChI is InChI=1S/C24H20N2O5S/c1-16-6-13-20(14-7-16)32(30,31)25-23(18-8-11-19(12-9-18)26(28)29)22-15-10-17-4-2-3-5-21(17)24(22)27/h2-15,23,25,27H,1H3/t23-/m0/s1. The van der Waals surface area contributed by atoms with Crippen molar-refractivity contribution in [2.75, 3.05) is 0 Å². The average Bonchev–Trinajstić information content (AvgIpc) is 2.79. The van der Waals surface area contributed by atoms with Crippen molar-refractivity contribution in [3.8, 4) is 5.75 Å². The summed E-state index contributed by atoms with van der Waals surface area (Å²) in [6, 6.07) is 21.7. The maximum absolute atomic E-state index is 13.1. The summed E-state index contributed by atoms with van der Waals surface area (Å²) in [7, 11) is -3.96. The highest BCUT2D eigenvalue weighted by atomic mass is 32.2. The minimum absolute atomic E-state index is 0.0574. The fourth-order valence-corrected chi connectivity index (χ4v) is 4.75. The number of nitrogens with zero attached hydrogens (tertiary/aromatic N) is 1. The second kappa shape index (κ2) is 8.41. The predicted molar refractivity (Wildman–Crippen MR) is 122 cm³/mol. The molecule has 162 valence electrons. The molecule has 0 aliphatic carbocycles. The van der Waals surface area contributed by atoms with Gasteiger partial charge in [-0.15, -0.1) is 0 Å². The molecule has 2 N–H and O–H groups in total. The van der Waals surface area contributed by atoms with Gasteiger partial charge in [-0.1, -0.05) is 66.2 Å². The van der Waals surface area contributed by atoms with E-state index in [1.807, 2.05) is 19.1 Å². The van der Waals surface area contributed by atoms with Gasteiger partial charge in [0.2, 0.25) is 10.0 Å². The molecule has 4 aromatic rings. The number of nitrogens with one attached hydrogen (secondary N) is 1. The maximum Gasteiger partial charge on any atom is 0.269 e. The van der Waals surface area contributed by atoms with Crippen molar-refractivity contribution in [2.24, 2.45) is 0 Å². The van der Waals surface area contributed by atoms with Gasteiger partial charge >= 0.3 is 0 Å². The molecular weight excluding hydrogens is 428 g/mol. The molecule has 32 heavy (non-hydrogen) atoms. The topological polar surface area (TPSA) is 110 Å². The fraction of sp³-hybridized carbons (Fsp3) is 0.0833. The number of fused-ring (bicyclic) bond motifs is 1. The molecule has 8 heteroatoms. The zero-order valence-corrected chi connectivity index (χ0v) is 17.9. The molecule has 1 atom stereocenters. The Kier molecular flexibility index (Phi) is 5.65. The lowest BCUT2D eigenvalue weighted by Crippen LogP contribution is -2.29. The van der Waals surface area contributed by atoms with E-state index in [9.17, 15) is 23.6 Å². The first-order valence-corrected chi connectivity index (χ1v) is 11.3. The fourth-order valence-electron chi connectivity index (χ4n) is 3.55. The summed E-state index contributed by atoms with van der Waals surface area (Å²) >= 11 is 0. The van der Waals surface area contributed by atoms with Gasteiger partial charge < -0.3 is 5.11 Å². The van der Waals surface area contributed by atoms with E-state index in [1.165, 1.54) is 36.4 Å². The number of sulfonamides is 1. The van der Waals surface area contributed by atoms with Crippen molar-refractivity contribution >= 4 is 26.5 Å². The monoisotopic (exact) mass is 448 g/mol. The number of rotatable bonds is 6. The minimum atomic E-state index is -3.96. The Hall–Kier alpha value is -3.75. The van der Waals surface area contributed by atoms with Gasteiger partial charge in [-0.25, -0.2) is 8.42 Å². The Morgan fingerprint density at radius 1 is 0.906 bits per heavy atom. The molecule has 0 radical (unpaired) electrons. The number of phenols is 1. The summed E-state index contributed by atoms with van der Waals surface area (Å²) in [4.78, 5) is 10.6. The molecule has 0 saturated heterocycles. The smallest absolute Gasteiger partial charge is 0.269 e. The molecule has 0 spiro atoms. The maximum atomic E-state index is 13.1. The first-order valence-electron chi connectivity index (χ1n) is 9.80. The second-order valence-electron chi connectivity index (χ2n) is 7.44. The van der Waals surface area contributed by atoms with E-state index in [1.54, 1.807) is 36.4 Å². The summed E-state index contributed by atoms with van der Waals surface area (Å²) in [5.41, 5.74) is 1.60. The number of phenolic OH excluding ortho intramolecular Hbond substituents is 1. The Balaban J connectivity index is 1.84. The van der Waals surface area contributed by atoms with E-state index in [0.717, 1.165) is 10.9 Å². The van der Waals surface area contributed by atoms with E-state index in [4.69, 9.17) is 0 Å². The summed E-state index contributed by atoms with van der Waals surface area (Å²) in [6.07, 6.45) is 0. The van der Waals surface area contributed by atoms with Gasteiger partial charge in [-0.3, -0.25) is 10.1 Å². The molecule has 4 aromatic carbocycles. The lowest BCUT2D eigenvalue weighted by molar-refractivity contribution is -0.384. The number of nitro groups is 1. The quantitative estimate of drug-likeness (QED) is 0.324. The van der Waals surface area contributed by atoms with Crippen LogP contribution < -0.4 is 4.72 Å². The van der Waals surface area contributed by atoms with E-state index >= 15 is 0 Å². The van der Waals surface area contributed by atoms with Crippen molar-refractivity contribution < 1.29 is 18.4 Å². The number of aromatic hydroxyl groups is 1. The van der Waals surface area contributed by atoms with Gasteiger partial charge in [-0.05, 0) is 30.0 Å². The third-order valence-corrected chi connectivity index (χ3v) is 6.72. The van der Waals surface area contributed by atoms with Gasteiger partial charge in [0.05, 0.1) is 15.9 Å². The third kappa shape index (κ3) is 4.18. The molecule has 4 rings (SSSR count). The summed E-state index contributed by atoms with van der Waals surface area (Å²) < 4.78 is 29.0. The average molecular weight is 449 g/mol. The normalized spacial score (nSPS) is 12.5. The highest BCUT2D eigenvalue weighted by molar-refractivity contribution is 7.89. The summed E-state index contributed by atoms with van der Waals surface area (Å²) in [5, 5.41) is 23.4. The molecule has 0 aromatic heterocycles. The van der Waals surface area contributed by atoms with E-state index < -0.39 is 21.0 Å². The minimum Gasteiger partial charge on any atom is -0.507 e. The molecule has 0 saturated carbocycles. The lowest BCUT2D eigenvalue weighted by Gasteiger charge is -2.21. The highest BCUT2D eigenvalue weighted by Crippen LogP contribution is 2.36. The molecular formula is C24H20N2O5S. The molecule has 0 heterocycles. The molecule has 0 amide bonds. The van der Waals surface area contributed by atoms with Crippen molar-refractivity contribution in [3.05, 3.63) is 112 Å². The van der Waals surface area contributed by atoms with Crippen LogP contribution in [0.5, 0.6) is 5.75 Å². The van der Waals surface area contributed by atoms with E-state index in [2.05, 4.69) is 4.72 Å². The van der Waals surface area contributed by atoms with Gasteiger partial charge in [0.1, 0.15) is 5.75 Å². The number of nitro benzene ring substituents is 1. The zero-order chi connectivity index (χ0) is 22.9. The van der Waals surface area contributed by atoms with Crippen LogP contribution in [0.4, 0.5) is 5.69 Å². The van der Waals surface area contributed by atoms with Gasteiger partial charge in [0.25, 0.3) is 5.69 Å².